The molecule has 0 aliphatic rings. The standard InChI is InChI=1S/C18H23N3O4/c1-4-24-16(22)11-10-15(17(19)18(23)25-5-2)21(20)12-14-8-6-13(3)7-9-14/h6-9H,4-5,12,19-20H2,1-3H3/b17-15-. The lowest BCUT2D eigenvalue weighted by Gasteiger charge is -2.20. The summed E-state index contributed by atoms with van der Waals surface area (Å²) in [5.74, 6) is 9.29. The van der Waals surface area contributed by atoms with Crippen LogP contribution in [-0.4, -0.2) is 30.2 Å². The van der Waals surface area contributed by atoms with Gasteiger partial charge in [0.25, 0.3) is 0 Å². The van der Waals surface area contributed by atoms with Crippen molar-refractivity contribution in [1.82, 2.24) is 5.01 Å². The Kier molecular flexibility index (Phi) is 8.03. The maximum atomic E-state index is 11.9. The minimum Gasteiger partial charge on any atom is -0.461 e. The number of aryl methyl sites for hydroxylation is 1. The summed E-state index contributed by atoms with van der Waals surface area (Å²) in [6, 6.07) is 7.66. The Balaban J connectivity index is 3.11. The van der Waals surface area contributed by atoms with Gasteiger partial charge < -0.3 is 15.2 Å². The van der Waals surface area contributed by atoms with Gasteiger partial charge in [0.1, 0.15) is 5.70 Å². The van der Waals surface area contributed by atoms with Crippen molar-refractivity contribution in [2.75, 3.05) is 13.2 Å². The largest absolute Gasteiger partial charge is 0.461 e. The van der Waals surface area contributed by atoms with Crippen molar-refractivity contribution in [3.63, 3.8) is 0 Å². The van der Waals surface area contributed by atoms with Gasteiger partial charge in [-0.2, -0.15) is 0 Å². The molecule has 0 radical (unpaired) electrons. The minimum absolute atomic E-state index is 0.00734. The van der Waals surface area contributed by atoms with E-state index in [0.717, 1.165) is 11.1 Å². The van der Waals surface area contributed by atoms with E-state index in [1.807, 2.05) is 31.2 Å². The van der Waals surface area contributed by atoms with Crippen LogP contribution < -0.4 is 11.6 Å². The highest BCUT2D eigenvalue weighted by Gasteiger charge is 2.16. The van der Waals surface area contributed by atoms with Gasteiger partial charge in [0.2, 0.25) is 0 Å². The molecule has 0 aromatic heterocycles. The normalized spacial score (nSPS) is 10.9. The van der Waals surface area contributed by atoms with Crippen molar-refractivity contribution < 1.29 is 19.1 Å². The lowest BCUT2D eigenvalue weighted by Crippen LogP contribution is -2.33. The van der Waals surface area contributed by atoms with Gasteiger partial charge in [-0.15, -0.1) is 0 Å². The van der Waals surface area contributed by atoms with Gasteiger partial charge in [-0.05, 0) is 32.3 Å². The lowest BCUT2D eigenvalue weighted by atomic mass is 10.1. The maximum absolute atomic E-state index is 11.9. The van der Waals surface area contributed by atoms with Crippen molar-refractivity contribution in [2.24, 2.45) is 11.6 Å². The monoisotopic (exact) mass is 345 g/mol. The number of allylic oxidation sites excluding steroid dienone is 1. The Morgan fingerprint density at radius 2 is 1.68 bits per heavy atom. The van der Waals surface area contributed by atoms with Crippen LogP contribution in [0.4, 0.5) is 0 Å². The first-order valence-corrected chi connectivity index (χ1v) is 7.82. The van der Waals surface area contributed by atoms with Crippen molar-refractivity contribution >= 4 is 11.9 Å². The lowest BCUT2D eigenvalue weighted by molar-refractivity contribution is -0.139. The molecule has 0 atom stereocenters. The van der Waals surface area contributed by atoms with Gasteiger partial charge in [-0.25, -0.2) is 15.4 Å². The molecule has 134 valence electrons. The quantitative estimate of drug-likeness (QED) is 0.197. The third-order valence-electron chi connectivity index (χ3n) is 3.07. The molecule has 0 unspecified atom stereocenters. The zero-order chi connectivity index (χ0) is 18.8. The van der Waals surface area contributed by atoms with E-state index in [1.54, 1.807) is 13.8 Å². The molecule has 0 bridgehead atoms. The van der Waals surface area contributed by atoms with Crippen molar-refractivity contribution in [3.8, 4) is 11.8 Å². The summed E-state index contributed by atoms with van der Waals surface area (Å²) in [7, 11) is 0. The number of ether oxygens (including phenoxy) is 2. The fourth-order valence-corrected chi connectivity index (χ4v) is 1.85. The Bertz CT molecular complexity index is 699. The second-order valence-corrected chi connectivity index (χ2v) is 5.07. The summed E-state index contributed by atoms with van der Waals surface area (Å²) in [4.78, 5) is 23.3. The minimum atomic E-state index is -0.755. The van der Waals surface area contributed by atoms with Gasteiger partial charge in [0.15, 0.2) is 5.70 Å². The van der Waals surface area contributed by atoms with E-state index in [-0.39, 0.29) is 31.2 Å². The molecule has 1 rings (SSSR count). The Hall–Kier alpha value is -2.98. The van der Waals surface area contributed by atoms with Crippen LogP contribution in [0.3, 0.4) is 0 Å². The van der Waals surface area contributed by atoms with E-state index < -0.39 is 11.9 Å². The van der Waals surface area contributed by atoms with Crippen molar-refractivity contribution in [1.29, 1.82) is 0 Å². The molecule has 4 N–H and O–H groups in total. The summed E-state index contributed by atoms with van der Waals surface area (Å²) in [6.07, 6.45) is 0. The highest BCUT2D eigenvalue weighted by atomic mass is 16.5. The highest BCUT2D eigenvalue weighted by Crippen LogP contribution is 2.11. The number of carbonyl (C=O) groups excluding carboxylic acids is 2. The van der Waals surface area contributed by atoms with Crippen LogP contribution in [0.25, 0.3) is 0 Å². The van der Waals surface area contributed by atoms with E-state index in [9.17, 15) is 9.59 Å². The molecule has 25 heavy (non-hydrogen) atoms. The second-order valence-electron chi connectivity index (χ2n) is 5.07. The third-order valence-corrected chi connectivity index (χ3v) is 3.07. The van der Waals surface area contributed by atoms with Crippen molar-refractivity contribution in [2.45, 2.75) is 27.3 Å². The second kappa shape index (κ2) is 10.0. The van der Waals surface area contributed by atoms with Gasteiger partial charge in [-0.3, -0.25) is 5.01 Å². The zero-order valence-electron chi connectivity index (χ0n) is 14.7. The molecule has 1 aromatic rings. The Labute approximate surface area is 147 Å². The molecule has 0 heterocycles. The number of hydrogen-bond donors (Lipinski definition) is 2. The van der Waals surface area contributed by atoms with Crippen LogP contribution in [0, 0.1) is 18.8 Å². The van der Waals surface area contributed by atoms with E-state index in [0.29, 0.717) is 0 Å². The van der Waals surface area contributed by atoms with E-state index in [1.165, 1.54) is 5.01 Å². The van der Waals surface area contributed by atoms with Crippen LogP contribution in [0.15, 0.2) is 35.7 Å². The summed E-state index contributed by atoms with van der Waals surface area (Å²) in [5, 5.41) is 1.20. The van der Waals surface area contributed by atoms with Crippen LogP contribution in [0.1, 0.15) is 25.0 Å². The van der Waals surface area contributed by atoms with Crippen molar-refractivity contribution in [3.05, 3.63) is 46.8 Å². The molecular weight excluding hydrogens is 322 g/mol. The molecule has 0 amide bonds. The summed E-state index contributed by atoms with van der Waals surface area (Å²) >= 11 is 0. The van der Waals surface area contributed by atoms with Gasteiger partial charge in [0, 0.05) is 5.92 Å². The number of benzene rings is 1. The van der Waals surface area contributed by atoms with Gasteiger partial charge in [-0.1, -0.05) is 29.8 Å². The summed E-state index contributed by atoms with van der Waals surface area (Å²) in [5.41, 5.74) is 7.53. The predicted molar refractivity (Wildman–Crippen MR) is 93.2 cm³/mol. The Morgan fingerprint density at radius 1 is 1.08 bits per heavy atom. The van der Waals surface area contributed by atoms with Crippen LogP contribution in [-0.2, 0) is 25.6 Å². The Morgan fingerprint density at radius 3 is 2.24 bits per heavy atom. The molecule has 7 nitrogen and oxygen atoms in total. The first kappa shape index (κ1) is 20.1. The zero-order valence-corrected chi connectivity index (χ0v) is 14.7. The molecule has 0 fully saturated rings. The molecule has 0 saturated carbocycles. The molecule has 0 spiro atoms. The van der Waals surface area contributed by atoms with Crippen LogP contribution in [0.5, 0.6) is 0 Å². The highest BCUT2D eigenvalue weighted by molar-refractivity contribution is 5.92. The molecule has 0 aliphatic carbocycles. The molecule has 0 saturated heterocycles. The van der Waals surface area contributed by atoms with E-state index in [2.05, 4.69) is 11.8 Å². The van der Waals surface area contributed by atoms with Crippen LogP contribution >= 0.6 is 0 Å². The number of esters is 2. The number of nitrogens with two attached hydrogens (primary N) is 2. The van der Waals surface area contributed by atoms with Gasteiger partial charge >= 0.3 is 11.9 Å². The van der Waals surface area contributed by atoms with Gasteiger partial charge in [0.05, 0.1) is 19.8 Å². The molecule has 1 aromatic carbocycles. The maximum Gasteiger partial charge on any atom is 0.384 e. The number of carbonyl (C=O) groups is 2. The summed E-state index contributed by atoms with van der Waals surface area (Å²) < 4.78 is 9.61. The molecular formula is C18H23N3O4. The number of rotatable bonds is 6. The fourth-order valence-electron chi connectivity index (χ4n) is 1.85. The van der Waals surface area contributed by atoms with E-state index >= 15 is 0 Å². The number of hydrogen-bond acceptors (Lipinski definition) is 7. The first-order chi connectivity index (χ1) is 11.9. The SMILES string of the molecule is CCOC(=O)C#C/C(=C(/N)C(=O)OCC)N(N)Cc1ccc(C)cc1. The first-order valence-electron chi connectivity index (χ1n) is 7.82. The average Bonchev–Trinajstić information content (AvgIpc) is 2.57. The van der Waals surface area contributed by atoms with E-state index in [4.69, 9.17) is 21.1 Å². The summed E-state index contributed by atoms with van der Waals surface area (Å²) in [6.45, 7) is 5.87. The predicted octanol–water partition coefficient (Wildman–Crippen LogP) is 0.971. The smallest absolute Gasteiger partial charge is 0.384 e. The molecule has 0 aliphatic heterocycles. The average molecular weight is 345 g/mol. The topological polar surface area (TPSA) is 108 Å². The number of hydrazine groups is 1. The third kappa shape index (κ3) is 6.57. The fraction of sp³-hybridized carbons (Fsp3) is 0.333. The molecule has 7 heteroatoms. The number of nitrogens with zero attached hydrogens (tertiary/aromatic N) is 1. The van der Waals surface area contributed by atoms with Crippen LogP contribution in [0.2, 0.25) is 0 Å².